The van der Waals surface area contributed by atoms with Gasteiger partial charge in [-0.05, 0) is 41.9 Å². The van der Waals surface area contributed by atoms with Gasteiger partial charge < -0.3 is 9.47 Å². The molecule has 2 atom stereocenters. The largest absolute Gasteiger partial charge is 0.497 e. The van der Waals surface area contributed by atoms with Gasteiger partial charge in [-0.15, -0.1) is 0 Å². The Labute approximate surface area is 164 Å². The van der Waals surface area contributed by atoms with Crippen molar-refractivity contribution in [3.05, 3.63) is 40.3 Å². The Morgan fingerprint density at radius 2 is 1.82 bits per heavy atom. The Morgan fingerprint density at radius 1 is 1.18 bits per heavy atom. The number of nitrogens with zero attached hydrogens (tertiary/aromatic N) is 1. The first-order valence-electron chi connectivity index (χ1n) is 9.27. The molecule has 1 heterocycles. The maximum Gasteiger partial charge on any atom is 0.312 e. The van der Waals surface area contributed by atoms with E-state index in [0.29, 0.717) is 21.2 Å². The van der Waals surface area contributed by atoms with Crippen LogP contribution in [-0.4, -0.2) is 38.4 Å². The lowest BCUT2D eigenvalue weighted by Crippen LogP contribution is -2.39. The summed E-state index contributed by atoms with van der Waals surface area (Å²) < 4.78 is 36.8. The number of amides is 1. The number of hydrogen-bond donors (Lipinski definition) is 0. The summed E-state index contributed by atoms with van der Waals surface area (Å²) >= 11 is 0. The Bertz CT molecular complexity index is 976. The van der Waals surface area contributed by atoms with Gasteiger partial charge in [0.2, 0.25) is 0 Å². The zero-order valence-corrected chi connectivity index (χ0v) is 16.9. The van der Waals surface area contributed by atoms with Crippen LogP contribution in [-0.2, 0) is 30.8 Å². The number of esters is 1. The van der Waals surface area contributed by atoms with Crippen LogP contribution < -0.4 is 4.74 Å². The van der Waals surface area contributed by atoms with Gasteiger partial charge in [-0.2, -0.15) is 4.31 Å². The number of allylic oxidation sites excluding steroid dienone is 1. The van der Waals surface area contributed by atoms with Gasteiger partial charge in [-0.3, -0.25) is 9.59 Å². The van der Waals surface area contributed by atoms with Crippen LogP contribution in [0.1, 0.15) is 32.3 Å². The minimum absolute atomic E-state index is 0.0164. The first-order chi connectivity index (χ1) is 13.2. The highest BCUT2D eigenvalue weighted by Gasteiger charge is 2.63. The molecule has 2 bridgehead atoms. The first-order valence-corrected chi connectivity index (χ1v) is 10.7. The number of fused-ring (bicyclic) bond motifs is 4. The fraction of sp³-hybridized carbons (Fsp3) is 0.500. The summed E-state index contributed by atoms with van der Waals surface area (Å²) in [5, 5.41) is 0. The highest BCUT2D eigenvalue weighted by atomic mass is 32.2. The third-order valence-electron chi connectivity index (χ3n) is 6.35. The number of carbonyl (C=O) groups excluding carboxylic acids is 2. The second-order valence-electron chi connectivity index (χ2n) is 8.11. The summed E-state index contributed by atoms with van der Waals surface area (Å²) in [6, 6.07) is 6.91. The van der Waals surface area contributed by atoms with Gasteiger partial charge in [0.25, 0.3) is 15.9 Å². The summed E-state index contributed by atoms with van der Waals surface area (Å²) in [6.07, 6.45) is 1.58. The number of sulfonamides is 1. The van der Waals surface area contributed by atoms with Gasteiger partial charge >= 0.3 is 5.97 Å². The van der Waals surface area contributed by atoms with Crippen molar-refractivity contribution in [1.29, 1.82) is 0 Å². The summed E-state index contributed by atoms with van der Waals surface area (Å²) in [5.74, 6) is -0.642. The van der Waals surface area contributed by atoms with E-state index in [9.17, 15) is 18.0 Å². The summed E-state index contributed by atoms with van der Waals surface area (Å²) in [6.45, 7) is 3.47. The lowest BCUT2D eigenvalue weighted by molar-refractivity contribution is -0.147. The van der Waals surface area contributed by atoms with Crippen molar-refractivity contribution in [3.63, 3.8) is 0 Å². The third-order valence-corrected chi connectivity index (χ3v) is 8.26. The van der Waals surface area contributed by atoms with Gasteiger partial charge in [0.15, 0.2) is 6.73 Å². The van der Waals surface area contributed by atoms with E-state index in [0.717, 1.165) is 12.8 Å². The highest BCUT2D eigenvalue weighted by Crippen LogP contribution is 2.64. The lowest BCUT2D eigenvalue weighted by atomic mass is 9.79. The molecule has 0 aromatic heterocycles. The normalized spacial score (nSPS) is 26.5. The van der Waals surface area contributed by atoms with Crippen LogP contribution in [0.4, 0.5) is 0 Å². The number of methoxy groups -OCH3 is 1. The van der Waals surface area contributed by atoms with E-state index >= 15 is 0 Å². The van der Waals surface area contributed by atoms with E-state index in [-0.39, 0.29) is 28.6 Å². The first kappa shape index (κ1) is 19.0. The molecule has 1 aromatic carbocycles. The molecule has 8 heteroatoms. The standard InChI is InChI=1S/C20H23NO6S/c1-20(2)14-8-9-15(20)18-17(14)19(23)21(28(18,24)25)11-27-16(22)10-12-4-6-13(26-3)7-5-12/h4-7,14-15H,8-11H2,1-3H3. The van der Waals surface area contributed by atoms with Crippen molar-refractivity contribution >= 4 is 21.9 Å². The average Bonchev–Trinajstić information content (AvgIpc) is 3.15. The summed E-state index contributed by atoms with van der Waals surface area (Å²) in [7, 11) is -2.37. The van der Waals surface area contributed by atoms with Crippen molar-refractivity contribution in [2.75, 3.05) is 13.8 Å². The zero-order valence-electron chi connectivity index (χ0n) is 16.1. The van der Waals surface area contributed by atoms with E-state index in [1.54, 1.807) is 31.4 Å². The smallest absolute Gasteiger partial charge is 0.312 e. The maximum absolute atomic E-state index is 12.9. The van der Waals surface area contributed by atoms with Gasteiger partial charge in [-0.1, -0.05) is 26.0 Å². The van der Waals surface area contributed by atoms with Crippen LogP contribution in [0, 0.1) is 17.3 Å². The van der Waals surface area contributed by atoms with Crippen LogP contribution >= 0.6 is 0 Å². The Balaban J connectivity index is 1.44. The van der Waals surface area contributed by atoms with Gasteiger partial charge in [0, 0.05) is 11.5 Å². The monoisotopic (exact) mass is 405 g/mol. The molecular formula is C20H23NO6S. The van der Waals surface area contributed by atoms with E-state index in [1.165, 1.54) is 0 Å². The fourth-order valence-electron chi connectivity index (χ4n) is 4.82. The predicted molar refractivity (Wildman–Crippen MR) is 100 cm³/mol. The average molecular weight is 405 g/mol. The number of benzene rings is 1. The number of carbonyl (C=O) groups is 2. The summed E-state index contributed by atoms with van der Waals surface area (Å²) in [5.41, 5.74) is 0.902. The van der Waals surface area contributed by atoms with Crippen LogP contribution in [0.2, 0.25) is 0 Å². The minimum Gasteiger partial charge on any atom is -0.497 e. The molecule has 1 saturated carbocycles. The zero-order chi connectivity index (χ0) is 20.3. The van der Waals surface area contributed by atoms with Gasteiger partial charge in [0.05, 0.1) is 18.4 Å². The quantitative estimate of drug-likeness (QED) is 0.698. The van der Waals surface area contributed by atoms with Crippen LogP contribution in [0.3, 0.4) is 0 Å². The molecule has 0 radical (unpaired) electrons. The SMILES string of the molecule is COc1ccc(CC(=O)OCN2C(=O)C3=C(C4CCC3C4(C)C)S2(=O)=O)cc1. The molecule has 4 rings (SSSR count). The van der Waals surface area contributed by atoms with E-state index in [1.807, 2.05) is 13.8 Å². The number of rotatable bonds is 5. The highest BCUT2D eigenvalue weighted by molar-refractivity contribution is 7.94. The molecule has 2 aliphatic carbocycles. The molecule has 1 amide bonds. The Kier molecular flexibility index (Phi) is 4.30. The molecule has 3 aliphatic rings. The van der Waals surface area contributed by atoms with Crippen molar-refractivity contribution in [3.8, 4) is 5.75 Å². The second kappa shape index (κ2) is 6.34. The van der Waals surface area contributed by atoms with Gasteiger partial charge in [-0.25, -0.2) is 8.42 Å². The number of ether oxygens (including phenoxy) is 2. The van der Waals surface area contributed by atoms with E-state index < -0.39 is 28.6 Å². The lowest BCUT2D eigenvalue weighted by Gasteiger charge is -2.29. The topological polar surface area (TPSA) is 90.0 Å². The molecule has 1 aliphatic heterocycles. The van der Waals surface area contributed by atoms with Crippen molar-refractivity contribution < 1.29 is 27.5 Å². The van der Waals surface area contributed by atoms with Gasteiger partial charge in [0.1, 0.15) is 5.75 Å². The second-order valence-corrected chi connectivity index (χ2v) is 9.94. The van der Waals surface area contributed by atoms with Crippen molar-refractivity contribution in [1.82, 2.24) is 4.31 Å². The molecule has 0 N–H and O–H groups in total. The molecular weight excluding hydrogens is 382 g/mol. The van der Waals surface area contributed by atoms with Crippen molar-refractivity contribution in [2.45, 2.75) is 33.1 Å². The minimum atomic E-state index is -3.92. The van der Waals surface area contributed by atoms with Crippen LogP contribution in [0.5, 0.6) is 5.75 Å². The predicted octanol–water partition coefficient (Wildman–Crippen LogP) is 2.23. The van der Waals surface area contributed by atoms with E-state index in [4.69, 9.17) is 9.47 Å². The molecule has 28 heavy (non-hydrogen) atoms. The fourth-order valence-corrected chi connectivity index (χ4v) is 6.85. The Morgan fingerprint density at radius 3 is 2.43 bits per heavy atom. The molecule has 7 nitrogen and oxygen atoms in total. The van der Waals surface area contributed by atoms with Crippen molar-refractivity contribution in [2.24, 2.45) is 17.3 Å². The molecule has 2 unspecified atom stereocenters. The van der Waals surface area contributed by atoms with E-state index in [2.05, 4.69) is 0 Å². The molecule has 0 spiro atoms. The van der Waals surface area contributed by atoms with Crippen LogP contribution in [0.15, 0.2) is 34.7 Å². The number of hydrogen-bond acceptors (Lipinski definition) is 6. The molecule has 1 fully saturated rings. The third kappa shape index (κ3) is 2.65. The Hall–Kier alpha value is -2.35. The maximum atomic E-state index is 12.9. The summed E-state index contributed by atoms with van der Waals surface area (Å²) in [4.78, 5) is 25.2. The molecule has 150 valence electrons. The molecule has 1 aromatic rings. The van der Waals surface area contributed by atoms with Crippen LogP contribution in [0.25, 0.3) is 0 Å². The molecule has 0 saturated heterocycles.